The largest absolute Gasteiger partial charge is 0.443 e. The normalized spacial score (nSPS) is 14.7. The third kappa shape index (κ3) is 3.04. The third-order valence-corrected chi connectivity index (χ3v) is 4.87. The van der Waals surface area contributed by atoms with E-state index >= 15 is 0 Å². The van der Waals surface area contributed by atoms with Crippen LogP contribution in [0.2, 0.25) is 5.02 Å². The van der Waals surface area contributed by atoms with Crippen LogP contribution in [-0.4, -0.2) is 52.8 Å². The molecule has 0 bridgehead atoms. The number of carbonyl (C=O) groups excluding carboxylic acids is 2. The Morgan fingerprint density at radius 3 is 2.38 bits per heavy atom. The van der Waals surface area contributed by atoms with Gasteiger partial charge in [-0.25, -0.2) is 4.98 Å². The summed E-state index contributed by atoms with van der Waals surface area (Å²) < 4.78 is 5.26. The van der Waals surface area contributed by atoms with Crippen molar-refractivity contribution in [3.63, 3.8) is 0 Å². The van der Waals surface area contributed by atoms with Crippen molar-refractivity contribution in [3.8, 4) is 0 Å². The Morgan fingerprint density at radius 2 is 1.65 bits per heavy atom. The van der Waals surface area contributed by atoms with Gasteiger partial charge in [0.25, 0.3) is 11.8 Å². The number of hydrogen-bond donors (Lipinski definition) is 0. The smallest absolute Gasteiger partial charge is 0.255 e. The molecule has 1 saturated heterocycles. The zero-order chi connectivity index (χ0) is 18.1. The lowest BCUT2D eigenvalue weighted by Gasteiger charge is -2.35. The van der Waals surface area contributed by atoms with Crippen molar-refractivity contribution in [2.45, 2.75) is 0 Å². The van der Waals surface area contributed by atoms with Gasteiger partial charge in [0, 0.05) is 31.7 Å². The molecule has 0 unspecified atom stereocenters. The molecule has 2 heterocycles. The van der Waals surface area contributed by atoms with E-state index in [4.69, 9.17) is 16.0 Å². The Morgan fingerprint density at radius 1 is 0.962 bits per heavy atom. The predicted molar refractivity (Wildman–Crippen MR) is 97.3 cm³/mol. The first-order chi connectivity index (χ1) is 12.6. The minimum absolute atomic E-state index is 0.0758. The van der Waals surface area contributed by atoms with Crippen LogP contribution in [-0.2, 0) is 0 Å². The number of fused-ring (bicyclic) bond motifs is 1. The van der Waals surface area contributed by atoms with Crippen LogP contribution in [0.4, 0.5) is 0 Å². The van der Waals surface area contributed by atoms with Crippen LogP contribution in [0, 0.1) is 0 Å². The highest BCUT2D eigenvalue weighted by Gasteiger charge is 2.26. The van der Waals surface area contributed by atoms with Crippen LogP contribution in [0.25, 0.3) is 11.1 Å². The van der Waals surface area contributed by atoms with Crippen molar-refractivity contribution < 1.29 is 14.0 Å². The molecule has 3 aromatic rings. The van der Waals surface area contributed by atoms with Crippen LogP contribution in [0.1, 0.15) is 20.7 Å². The monoisotopic (exact) mass is 369 g/mol. The van der Waals surface area contributed by atoms with Crippen molar-refractivity contribution in [1.82, 2.24) is 14.8 Å². The van der Waals surface area contributed by atoms with Gasteiger partial charge in [0.2, 0.25) is 0 Å². The van der Waals surface area contributed by atoms with Crippen molar-refractivity contribution in [2.24, 2.45) is 0 Å². The van der Waals surface area contributed by atoms with Crippen LogP contribution in [0.5, 0.6) is 0 Å². The van der Waals surface area contributed by atoms with Crippen LogP contribution in [0.15, 0.2) is 53.3 Å². The van der Waals surface area contributed by atoms with Gasteiger partial charge < -0.3 is 14.2 Å². The van der Waals surface area contributed by atoms with Crippen molar-refractivity contribution in [2.75, 3.05) is 26.2 Å². The highest BCUT2D eigenvalue weighted by molar-refractivity contribution is 6.33. The van der Waals surface area contributed by atoms with E-state index in [1.807, 2.05) is 0 Å². The van der Waals surface area contributed by atoms with Gasteiger partial charge in [-0.2, -0.15) is 0 Å². The molecule has 0 radical (unpaired) electrons. The van der Waals surface area contributed by atoms with E-state index in [0.29, 0.717) is 47.9 Å². The van der Waals surface area contributed by atoms with Gasteiger partial charge in [0.05, 0.1) is 10.6 Å². The molecule has 132 valence electrons. The maximum Gasteiger partial charge on any atom is 0.255 e. The quantitative estimate of drug-likeness (QED) is 0.696. The van der Waals surface area contributed by atoms with Gasteiger partial charge in [-0.3, -0.25) is 9.59 Å². The fraction of sp³-hybridized carbons (Fsp3) is 0.211. The number of benzene rings is 2. The molecule has 6 nitrogen and oxygen atoms in total. The lowest BCUT2D eigenvalue weighted by Crippen LogP contribution is -2.50. The molecule has 0 saturated carbocycles. The zero-order valence-corrected chi connectivity index (χ0v) is 14.6. The number of halogens is 1. The van der Waals surface area contributed by atoms with Crippen molar-refractivity contribution in [3.05, 3.63) is 65.0 Å². The number of piperazine rings is 1. The standard InChI is InChI=1S/C19H16ClN3O3/c20-15-4-2-1-3-14(15)19(25)23-9-7-22(8-10-23)18(24)13-5-6-16-17(11-13)26-12-21-16/h1-6,11-12H,7-10H2. The first-order valence-electron chi connectivity index (χ1n) is 8.30. The van der Waals surface area contributed by atoms with E-state index in [2.05, 4.69) is 4.98 Å². The van der Waals surface area contributed by atoms with Crippen LogP contribution >= 0.6 is 11.6 Å². The first kappa shape index (κ1) is 16.6. The summed E-state index contributed by atoms with van der Waals surface area (Å²) in [5.41, 5.74) is 2.35. The molecule has 26 heavy (non-hydrogen) atoms. The van der Waals surface area contributed by atoms with Gasteiger partial charge >= 0.3 is 0 Å². The van der Waals surface area contributed by atoms with E-state index in [9.17, 15) is 9.59 Å². The second kappa shape index (κ2) is 6.80. The summed E-state index contributed by atoms with van der Waals surface area (Å²) in [5, 5.41) is 0.441. The second-order valence-corrected chi connectivity index (χ2v) is 6.51. The number of hydrogen-bond acceptors (Lipinski definition) is 4. The van der Waals surface area contributed by atoms with Gasteiger partial charge in [-0.1, -0.05) is 23.7 Å². The Hall–Kier alpha value is -2.86. The number of aromatic nitrogens is 1. The molecule has 4 rings (SSSR count). The number of nitrogens with zero attached hydrogens (tertiary/aromatic N) is 3. The number of carbonyl (C=O) groups is 2. The van der Waals surface area contributed by atoms with Crippen LogP contribution in [0.3, 0.4) is 0 Å². The predicted octanol–water partition coefficient (Wildman–Crippen LogP) is 3.08. The SMILES string of the molecule is O=C(c1ccc2ncoc2c1)N1CCN(C(=O)c2ccccc2Cl)CC1. The minimum atomic E-state index is -0.106. The molecule has 2 aromatic carbocycles. The lowest BCUT2D eigenvalue weighted by atomic mass is 10.1. The number of amides is 2. The molecule has 0 spiro atoms. The average molecular weight is 370 g/mol. The van der Waals surface area contributed by atoms with Crippen molar-refractivity contribution in [1.29, 1.82) is 0 Å². The van der Waals surface area contributed by atoms with E-state index in [1.54, 1.807) is 52.3 Å². The molecule has 1 aliphatic heterocycles. The van der Waals surface area contributed by atoms with Crippen LogP contribution < -0.4 is 0 Å². The molecule has 7 heteroatoms. The molecule has 1 aromatic heterocycles. The Bertz CT molecular complexity index is 977. The molecule has 0 N–H and O–H groups in total. The van der Waals surface area contributed by atoms with Gasteiger partial charge in [0.1, 0.15) is 5.52 Å². The Kier molecular flexibility index (Phi) is 4.34. The maximum absolute atomic E-state index is 12.7. The number of rotatable bonds is 2. The minimum Gasteiger partial charge on any atom is -0.443 e. The molecule has 2 amide bonds. The fourth-order valence-electron chi connectivity index (χ4n) is 3.09. The summed E-state index contributed by atoms with van der Waals surface area (Å²) in [6, 6.07) is 12.2. The van der Waals surface area contributed by atoms with Crippen molar-refractivity contribution >= 4 is 34.5 Å². The highest BCUT2D eigenvalue weighted by Crippen LogP contribution is 2.20. The van der Waals surface area contributed by atoms with E-state index in [1.165, 1.54) is 6.39 Å². The summed E-state index contributed by atoms with van der Waals surface area (Å²) in [7, 11) is 0. The van der Waals surface area contributed by atoms with Gasteiger partial charge in [-0.05, 0) is 30.3 Å². The summed E-state index contributed by atoms with van der Waals surface area (Å²) >= 11 is 6.11. The zero-order valence-electron chi connectivity index (χ0n) is 13.9. The molecule has 1 fully saturated rings. The summed E-state index contributed by atoms with van der Waals surface area (Å²) in [6.07, 6.45) is 1.36. The average Bonchev–Trinajstić information content (AvgIpc) is 3.15. The molecule has 0 aliphatic carbocycles. The highest BCUT2D eigenvalue weighted by atomic mass is 35.5. The summed E-state index contributed by atoms with van der Waals surface area (Å²) in [6.45, 7) is 1.90. The summed E-state index contributed by atoms with van der Waals surface area (Å²) in [5.74, 6) is -0.182. The third-order valence-electron chi connectivity index (χ3n) is 4.54. The van der Waals surface area contributed by atoms with E-state index in [-0.39, 0.29) is 11.8 Å². The summed E-state index contributed by atoms with van der Waals surface area (Å²) in [4.78, 5) is 32.8. The van der Waals surface area contributed by atoms with Gasteiger partial charge in [0.15, 0.2) is 12.0 Å². The fourth-order valence-corrected chi connectivity index (χ4v) is 3.30. The lowest BCUT2D eigenvalue weighted by molar-refractivity contribution is 0.0535. The Balaban J connectivity index is 1.43. The van der Waals surface area contributed by atoms with Gasteiger partial charge in [-0.15, -0.1) is 0 Å². The molecular formula is C19H16ClN3O3. The second-order valence-electron chi connectivity index (χ2n) is 6.10. The van der Waals surface area contributed by atoms with E-state index < -0.39 is 0 Å². The first-order valence-corrected chi connectivity index (χ1v) is 8.67. The molecule has 0 atom stereocenters. The molecule has 1 aliphatic rings. The topological polar surface area (TPSA) is 66.7 Å². The number of oxazole rings is 1. The van der Waals surface area contributed by atoms with E-state index in [0.717, 1.165) is 5.52 Å². The Labute approximate surface area is 155 Å². The molecular weight excluding hydrogens is 354 g/mol. The maximum atomic E-state index is 12.7.